The zero-order valence-electron chi connectivity index (χ0n) is 11.1. The predicted octanol–water partition coefficient (Wildman–Crippen LogP) is 3.11. The van der Waals surface area contributed by atoms with Gasteiger partial charge >= 0.3 is 6.09 Å². The number of amides is 1. The fraction of sp³-hybridized carbons (Fsp3) is 0.417. The van der Waals surface area contributed by atoms with Gasteiger partial charge in [-0.2, -0.15) is 0 Å². The maximum Gasteiger partial charge on any atom is 0.414 e. The van der Waals surface area contributed by atoms with Gasteiger partial charge in [0.05, 0.1) is 10.6 Å². The summed E-state index contributed by atoms with van der Waals surface area (Å²) in [7, 11) is 1.29. The molecule has 0 aromatic heterocycles. The minimum Gasteiger partial charge on any atom is -0.443 e. The molecule has 0 N–H and O–H groups in total. The number of nitrogens with zero attached hydrogens (tertiary/aromatic N) is 2. The first-order chi connectivity index (χ1) is 8.61. The molecule has 1 amide bonds. The van der Waals surface area contributed by atoms with Crippen molar-refractivity contribution in [1.82, 2.24) is 0 Å². The van der Waals surface area contributed by atoms with Crippen LogP contribution in [0.15, 0.2) is 18.2 Å². The Hall–Kier alpha value is -2.18. The molecule has 0 aliphatic heterocycles. The normalized spacial score (nSPS) is 11.0. The van der Waals surface area contributed by atoms with E-state index < -0.39 is 22.4 Å². The first kappa shape index (κ1) is 14.9. The number of anilines is 1. The first-order valence-electron chi connectivity index (χ1n) is 5.52. The number of nitro groups is 1. The quantitative estimate of drug-likeness (QED) is 0.611. The van der Waals surface area contributed by atoms with Gasteiger partial charge in [-0.1, -0.05) is 0 Å². The van der Waals surface area contributed by atoms with E-state index in [1.54, 1.807) is 20.8 Å². The molecule has 0 unspecified atom stereocenters. The van der Waals surface area contributed by atoms with Crippen LogP contribution in [-0.2, 0) is 4.74 Å². The Morgan fingerprint density at radius 2 is 2.00 bits per heavy atom. The van der Waals surface area contributed by atoms with E-state index in [2.05, 4.69) is 0 Å². The van der Waals surface area contributed by atoms with Crippen molar-refractivity contribution in [3.8, 4) is 0 Å². The molecule has 0 aliphatic rings. The summed E-state index contributed by atoms with van der Waals surface area (Å²) in [6.45, 7) is 5.01. The molecule has 1 aromatic carbocycles. The fourth-order valence-electron chi connectivity index (χ4n) is 1.30. The largest absolute Gasteiger partial charge is 0.443 e. The summed E-state index contributed by atoms with van der Waals surface area (Å²) in [6.07, 6.45) is -0.785. The maximum absolute atomic E-state index is 13.6. The smallest absolute Gasteiger partial charge is 0.414 e. The molecule has 0 heterocycles. The molecule has 0 radical (unpaired) electrons. The van der Waals surface area contributed by atoms with Gasteiger partial charge < -0.3 is 4.74 Å². The van der Waals surface area contributed by atoms with Crippen LogP contribution in [0.1, 0.15) is 20.8 Å². The van der Waals surface area contributed by atoms with Crippen molar-refractivity contribution in [1.29, 1.82) is 0 Å². The number of rotatable bonds is 2. The highest BCUT2D eigenvalue weighted by Crippen LogP contribution is 2.25. The minimum atomic E-state index is -0.785. The summed E-state index contributed by atoms with van der Waals surface area (Å²) in [6, 6.07) is 2.95. The van der Waals surface area contributed by atoms with Gasteiger partial charge in [0.25, 0.3) is 5.69 Å². The van der Waals surface area contributed by atoms with Crippen LogP contribution >= 0.6 is 0 Å². The average Bonchev–Trinajstić information content (AvgIpc) is 2.26. The molecule has 1 aromatic rings. The van der Waals surface area contributed by atoms with E-state index in [0.29, 0.717) is 0 Å². The van der Waals surface area contributed by atoms with Gasteiger partial charge in [-0.15, -0.1) is 0 Å². The predicted molar refractivity (Wildman–Crippen MR) is 67.7 cm³/mol. The Bertz CT molecular complexity index is 511. The molecule has 0 atom stereocenters. The Morgan fingerprint density at radius 1 is 1.42 bits per heavy atom. The highest BCUT2D eigenvalue weighted by molar-refractivity contribution is 5.87. The van der Waals surface area contributed by atoms with Crippen molar-refractivity contribution in [2.75, 3.05) is 11.9 Å². The summed E-state index contributed by atoms with van der Waals surface area (Å²) < 4.78 is 18.7. The van der Waals surface area contributed by atoms with Crippen LogP contribution in [0.4, 0.5) is 20.6 Å². The number of non-ortho nitro benzene ring substituents is 1. The lowest BCUT2D eigenvalue weighted by Crippen LogP contribution is -2.34. The van der Waals surface area contributed by atoms with Gasteiger partial charge in [0, 0.05) is 19.2 Å². The number of benzene rings is 1. The van der Waals surface area contributed by atoms with E-state index in [1.807, 2.05) is 0 Å². The second-order valence-corrected chi connectivity index (χ2v) is 4.93. The van der Waals surface area contributed by atoms with E-state index >= 15 is 0 Å². The maximum atomic E-state index is 13.6. The van der Waals surface area contributed by atoms with Crippen LogP contribution in [0.5, 0.6) is 0 Å². The topological polar surface area (TPSA) is 72.7 Å². The van der Waals surface area contributed by atoms with Gasteiger partial charge in [0.15, 0.2) is 0 Å². The van der Waals surface area contributed by atoms with Gasteiger partial charge in [0.1, 0.15) is 11.4 Å². The standard InChI is InChI=1S/C12H15FN2O4/c1-12(2,3)19-11(16)14(4)10-7-8(15(17)18)5-6-9(10)13/h5-7H,1-4H3. The highest BCUT2D eigenvalue weighted by Gasteiger charge is 2.23. The third-order valence-electron chi connectivity index (χ3n) is 2.17. The van der Waals surface area contributed by atoms with Crippen LogP contribution in [0, 0.1) is 15.9 Å². The SMILES string of the molecule is CN(C(=O)OC(C)(C)C)c1cc([N+](=O)[O-])ccc1F. The summed E-state index contributed by atoms with van der Waals surface area (Å²) in [5, 5.41) is 10.6. The summed E-state index contributed by atoms with van der Waals surface area (Å²) in [5.41, 5.74) is -1.24. The summed E-state index contributed by atoms with van der Waals surface area (Å²) in [5.74, 6) is -0.737. The van der Waals surface area contributed by atoms with Crippen LogP contribution in [-0.4, -0.2) is 23.7 Å². The van der Waals surface area contributed by atoms with Crippen molar-refractivity contribution in [3.05, 3.63) is 34.1 Å². The van der Waals surface area contributed by atoms with E-state index in [1.165, 1.54) is 7.05 Å². The molecule has 19 heavy (non-hydrogen) atoms. The van der Waals surface area contributed by atoms with E-state index in [4.69, 9.17) is 4.74 Å². The van der Waals surface area contributed by atoms with Gasteiger partial charge in [-0.25, -0.2) is 9.18 Å². The highest BCUT2D eigenvalue weighted by atomic mass is 19.1. The van der Waals surface area contributed by atoms with Crippen molar-refractivity contribution >= 4 is 17.5 Å². The zero-order chi connectivity index (χ0) is 14.8. The second-order valence-electron chi connectivity index (χ2n) is 4.93. The van der Waals surface area contributed by atoms with Crippen LogP contribution in [0.2, 0.25) is 0 Å². The molecule has 0 saturated heterocycles. The molecule has 1 rings (SSSR count). The Labute approximate surface area is 109 Å². The lowest BCUT2D eigenvalue weighted by Gasteiger charge is -2.24. The monoisotopic (exact) mass is 270 g/mol. The number of hydrogen-bond donors (Lipinski definition) is 0. The van der Waals surface area contributed by atoms with Crippen molar-refractivity contribution in [2.45, 2.75) is 26.4 Å². The number of halogens is 1. The zero-order valence-corrected chi connectivity index (χ0v) is 11.1. The summed E-state index contributed by atoms with van der Waals surface area (Å²) >= 11 is 0. The van der Waals surface area contributed by atoms with Crippen LogP contribution < -0.4 is 4.90 Å². The van der Waals surface area contributed by atoms with Crippen molar-refractivity contribution in [2.24, 2.45) is 0 Å². The Balaban J connectivity index is 3.05. The molecule has 0 saturated carbocycles. The molecule has 0 spiro atoms. The van der Waals surface area contributed by atoms with E-state index in [9.17, 15) is 19.3 Å². The Kier molecular flexibility index (Phi) is 4.08. The van der Waals surface area contributed by atoms with Gasteiger partial charge in [0.2, 0.25) is 0 Å². The van der Waals surface area contributed by atoms with E-state index in [0.717, 1.165) is 23.1 Å². The lowest BCUT2D eigenvalue weighted by atomic mass is 10.2. The molecule has 6 nitrogen and oxygen atoms in total. The van der Waals surface area contributed by atoms with Crippen molar-refractivity contribution < 1.29 is 18.8 Å². The number of nitro benzene ring substituents is 1. The molecular formula is C12H15FN2O4. The third-order valence-corrected chi connectivity index (χ3v) is 2.17. The number of carbonyl (C=O) groups is 1. The number of hydrogen-bond acceptors (Lipinski definition) is 4. The molecular weight excluding hydrogens is 255 g/mol. The van der Waals surface area contributed by atoms with E-state index in [-0.39, 0.29) is 11.4 Å². The average molecular weight is 270 g/mol. The molecule has 104 valence electrons. The third kappa shape index (κ3) is 3.90. The fourth-order valence-corrected chi connectivity index (χ4v) is 1.30. The molecule has 7 heteroatoms. The molecule has 0 bridgehead atoms. The number of carbonyl (C=O) groups excluding carboxylic acids is 1. The Morgan fingerprint density at radius 3 is 2.47 bits per heavy atom. The molecule has 0 aliphatic carbocycles. The molecule has 0 fully saturated rings. The lowest BCUT2D eigenvalue weighted by molar-refractivity contribution is -0.384. The van der Waals surface area contributed by atoms with Crippen molar-refractivity contribution in [3.63, 3.8) is 0 Å². The van der Waals surface area contributed by atoms with Crippen LogP contribution in [0.3, 0.4) is 0 Å². The van der Waals surface area contributed by atoms with Crippen LogP contribution in [0.25, 0.3) is 0 Å². The summed E-state index contributed by atoms with van der Waals surface area (Å²) in [4.78, 5) is 22.6. The van der Waals surface area contributed by atoms with Gasteiger partial charge in [-0.3, -0.25) is 15.0 Å². The first-order valence-corrected chi connectivity index (χ1v) is 5.52. The number of ether oxygens (including phenoxy) is 1. The van der Waals surface area contributed by atoms with Gasteiger partial charge in [-0.05, 0) is 26.8 Å². The minimum absolute atomic E-state index is 0.205. The second kappa shape index (κ2) is 5.21.